The van der Waals surface area contributed by atoms with Gasteiger partial charge < -0.3 is 10.1 Å². The summed E-state index contributed by atoms with van der Waals surface area (Å²) in [6, 6.07) is 13.9. The van der Waals surface area contributed by atoms with Crippen LogP contribution in [0.3, 0.4) is 0 Å². The molecule has 0 saturated heterocycles. The highest BCUT2D eigenvalue weighted by atomic mass is 32.2. The lowest BCUT2D eigenvalue weighted by molar-refractivity contribution is -0.122. The molecule has 0 radical (unpaired) electrons. The minimum Gasteiger partial charge on any atom is -0.385 e. The number of nitrogens with one attached hydrogen (secondary N) is 1. The number of nitrogens with zero attached hydrogens (tertiary/aromatic N) is 1. The van der Waals surface area contributed by atoms with Crippen LogP contribution in [0.25, 0.3) is 4.91 Å². The molecule has 0 spiro atoms. The van der Waals surface area contributed by atoms with E-state index in [1.807, 2.05) is 12.1 Å². The first-order valence-corrected chi connectivity index (χ1v) is 12.3. The Morgan fingerprint density at radius 1 is 1.06 bits per heavy atom. The molecule has 7 nitrogen and oxygen atoms in total. The average Bonchev–Trinajstić information content (AvgIpc) is 2.96. The zero-order chi connectivity index (χ0) is 24.2. The van der Waals surface area contributed by atoms with Crippen molar-refractivity contribution < 1.29 is 22.7 Å². The minimum absolute atomic E-state index is 0.0508. The maximum absolute atomic E-state index is 13.3. The van der Waals surface area contributed by atoms with E-state index in [4.69, 9.17) is 4.74 Å². The molecule has 0 saturated carbocycles. The molecular formula is C25H30N2O5S. The highest BCUT2D eigenvalue weighted by Crippen LogP contribution is 2.36. The van der Waals surface area contributed by atoms with Crippen LogP contribution in [-0.4, -0.2) is 44.8 Å². The molecule has 3 rings (SSSR count). The Kier molecular flexibility index (Phi) is 7.71. The average molecular weight is 471 g/mol. The van der Waals surface area contributed by atoms with Gasteiger partial charge in [0, 0.05) is 31.4 Å². The van der Waals surface area contributed by atoms with E-state index < -0.39 is 15.9 Å². The number of ether oxygens (including phenoxy) is 1. The van der Waals surface area contributed by atoms with Crippen LogP contribution in [0.15, 0.2) is 54.1 Å². The van der Waals surface area contributed by atoms with E-state index in [1.165, 1.54) is 0 Å². The normalized spacial score (nSPS) is 15.4. The first-order valence-electron chi connectivity index (χ1n) is 10.9. The molecule has 0 atom stereocenters. The Balaban J connectivity index is 1.74. The van der Waals surface area contributed by atoms with Crippen molar-refractivity contribution in [3.05, 3.63) is 76.4 Å². The van der Waals surface area contributed by atoms with Gasteiger partial charge in [-0.2, -0.15) is 0 Å². The summed E-state index contributed by atoms with van der Waals surface area (Å²) in [5.41, 5.74) is 2.89. The van der Waals surface area contributed by atoms with Crippen LogP contribution < -0.4 is 5.32 Å². The molecule has 8 heteroatoms. The van der Waals surface area contributed by atoms with Gasteiger partial charge in [0.15, 0.2) is 0 Å². The van der Waals surface area contributed by atoms with Crippen molar-refractivity contribution in [3.63, 3.8) is 0 Å². The van der Waals surface area contributed by atoms with Gasteiger partial charge >= 0.3 is 0 Å². The molecule has 1 N–H and O–H groups in total. The predicted octanol–water partition coefficient (Wildman–Crippen LogP) is 3.68. The first kappa shape index (κ1) is 24.7. The molecule has 2 aromatic rings. The van der Waals surface area contributed by atoms with Crippen molar-refractivity contribution in [2.75, 3.05) is 20.3 Å². The van der Waals surface area contributed by atoms with E-state index in [1.54, 1.807) is 50.4 Å². The second-order valence-corrected chi connectivity index (χ2v) is 10.1. The fraction of sp³-hybridized carbons (Fsp3) is 0.360. The zero-order valence-electron chi connectivity index (χ0n) is 19.4. The summed E-state index contributed by atoms with van der Waals surface area (Å²) in [6.07, 6.45) is 0.712. The molecule has 0 fully saturated rings. The summed E-state index contributed by atoms with van der Waals surface area (Å²) in [6.45, 7) is 6.64. The minimum atomic E-state index is -3.98. The number of hydrogen-bond acceptors (Lipinski definition) is 5. The van der Waals surface area contributed by atoms with Gasteiger partial charge in [0.25, 0.3) is 21.8 Å². The lowest BCUT2D eigenvalue weighted by Crippen LogP contribution is -2.31. The lowest BCUT2D eigenvalue weighted by Gasteiger charge is -2.17. The number of benzene rings is 2. The van der Waals surface area contributed by atoms with Crippen LogP contribution in [0.5, 0.6) is 0 Å². The Labute approximate surface area is 195 Å². The maximum Gasteiger partial charge on any atom is 0.268 e. The van der Waals surface area contributed by atoms with Gasteiger partial charge in [0.05, 0.1) is 6.54 Å². The maximum atomic E-state index is 13.3. The topological polar surface area (TPSA) is 92.8 Å². The summed E-state index contributed by atoms with van der Waals surface area (Å²) in [4.78, 5) is 25.1. The highest BCUT2D eigenvalue weighted by Gasteiger charge is 2.42. The van der Waals surface area contributed by atoms with Gasteiger partial charge in [0.2, 0.25) is 0 Å². The lowest BCUT2D eigenvalue weighted by atomic mass is 10.0. The zero-order valence-corrected chi connectivity index (χ0v) is 20.2. The van der Waals surface area contributed by atoms with E-state index in [2.05, 4.69) is 19.2 Å². The molecule has 1 aliphatic rings. The Hall–Kier alpha value is -2.97. The fourth-order valence-electron chi connectivity index (χ4n) is 3.69. The van der Waals surface area contributed by atoms with Crippen molar-refractivity contribution in [3.8, 4) is 0 Å². The van der Waals surface area contributed by atoms with Gasteiger partial charge in [-0.3, -0.25) is 9.59 Å². The summed E-state index contributed by atoms with van der Waals surface area (Å²) in [7, 11) is -2.38. The number of hydrogen-bond donors (Lipinski definition) is 1. The molecule has 1 heterocycles. The van der Waals surface area contributed by atoms with E-state index in [0.29, 0.717) is 42.2 Å². The van der Waals surface area contributed by atoms with Crippen LogP contribution in [0.4, 0.5) is 0 Å². The second-order valence-electron chi connectivity index (χ2n) is 8.35. The van der Waals surface area contributed by atoms with E-state index >= 15 is 0 Å². The van der Waals surface area contributed by atoms with E-state index in [0.717, 1.165) is 9.87 Å². The Morgan fingerprint density at radius 2 is 1.70 bits per heavy atom. The summed E-state index contributed by atoms with van der Waals surface area (Å²) in [5.74, 6) is -0.423. The molecule has 2 amide bonds. The quantitative estimate of drug-likeness (QED) is 0.565. The van der Waals surface area contributed by atoms with Gasteiger partial charge in [-0.05, 0) is 48.1 Å². The SMILES string of the molecule is COCCCNC(=O)c1ccc(CN2C(=O)C(C)=C(c3ccc(C(C)C)cc3)S2(=O)=O)cc1. The number of carbonyl (C=O) groups is 2. The summed E-state index contributed by atoms with van der Waals surface area (Å²) >= 11 is 0. The van der Waals surface area contributed by atoms with Gasteiger partial charge in [-0.1, -0.05) is 50.2 Å². The Morgan fingerprint density at radius 3 is 2.27 bits per heavy atom. The third-order valence-electron chi connectivity index (χ3n) is 5.63. The van der Waals surface area contributed by atoms with Crippen LogP contribution >= 0.6 is 0 Å². The number of methoxy groups -OCH3 is 1. The van der Waals surface area contributed by atoms with Crippen LogP contribution in [0.2, 0.25) is 0 Å². The number of rotatable bonds is 9. The molecule has 0 bridgehead atoms. The van der Waals surface area contributed by atoms with Crippen molar-refractivity contribution in [2.24, 2.45) is 0 Å². The molecule has 0 aliphatic carbocycles. The first-order chi connectivity index (χ1) is 15.7. The molecule has 0 unspecified atom stereocenters. The molecule has 0 aromatic heterocycles. The number of sulfonamides is 1. The van der Waals surface area contributed by atoms with Crippen molar-refractivity contribution >= 4 is 26.7 Å². The molecule has 33 heavy (non-hydrogen) atoms. The third-order valence-corrected chi connectivity index (χ3v) is 7.56. The highest BCUT2D eigenvalue weighted by molar-refractivity contribution is 7.99. The van der Waals surface area contributed by atoms with E-state index in [-0.39, 0.29) is 22.9 Å². The van der Waals surface area contributed by atoms with Crippen molar-refractivity contribution in [2.45, 2.75) is 39.7 Å². The van der Waals surface area contributed by atoms with Crippen molar-refractivity contribution in [1.82, 2.24) is 9.62 Å². The molecular weight excluding hydrogens is 440 g/mol. The predicted molar refractivity (Wildman–Crippen MR) is 128 cm³/mol. The second kappa shape index (κ2) is 10.3. The van der Waals surface area contributed by atoms with Gasteiger partial charge in [0.1, 0.15) is 4.91 Å². The molecule has 2 aromatic carbocycles. The van der Waals surface area contributed by atoms with Gasteiger partial charge in [-0.25, -0.2) is 12.7 Å². The number of carbonyl (C=O) groups excluding carboxylic acids is 2. The Bertz CT molecular complexity index is 1150. The van der Waals surface area contributed by atoms with Crippen LogP contribution in [0, 0.1) is 0 Å². The van der Waals surface area contributed by atoms with Gasteiger partial charge in [-0.15, -0.1) is 0 Å². The summed E-state index contributed by atoms with van der Waals surface area (Å²) < 4.78 is 32.4. The monoisotopic (exact) mass is 470 g/mol. The fourth-order valence-corrected chi connectivity index (χ4v) is 5.49. The van der Waals surface area contributed by atoms with Crippen LogP contribution in [0.1, 0.15) is 60.2 Å². The third kappa shape index (κ3) is 5.34. The van der Waals surface area contributed by atoms with E-state index in [9.17, 15) is 18.0 Å². The standard InChI is InChI=1S/C25H30N2O5S/c1-17(2)20-10-12-21(13-11-20)23-18(3)25(29)27(33(23,30)31)16-19-6-8-22(9-7-19)24(28)26-14-5-15-32-4/h6-13,17H,5,14-16H2,1-4H3,(H,26,28). The molecule has 1 aliphatic heterocycles. The largest absolute Gasteiger partial charge is 0.385 e. The summed E-state index contributed by atoms with van der Waals surface area (Å²) in [5, 5.41) is 2.80. The smallest absolute Gasteiger partial charge is 0.268 e. The van der Waals surface area contributed by atoms with Crippen molar-refractivity contribution in [1.29, 1.82) is 0 Å². The van der Waals surface area contributed by atoms with Crippen LogP contribution in [-0.2, 0) is 26.1 Å². The number of amides is 2. The molecule has 176 valence electrons.